The quantitative estimate of drug-likeness (QED) is 0.857. The molecule has 1 aromatic carbocycles. The number of para-hydroxylation sites is 1. The smallest absolute Gasteiger partial charge is 0.234 e. The highest BCUT2D eigenvalue weighted by atomic mass is 16.5. The molecule has 1 atom stereocenters. The third-order valence-electron chi connectivity index (χ3n) is 2.76. The number of carbonyl (C=O) groups excluding carboxylic acids is 1. The highest BCUT2D eigenvalue weighted by Gasteiger charge is 2.15. The zero-order chi connectivity index (χ0) is 14.5. The fourth-order valence-electron chi connectivity index (χ4n) is 1.74. The van der Waals surface area contributed by atoms with E-state index in [0.29, 0.717) is 6.54 Å². The summed E-state index contributed by atoms with van der Waals surface area (Å²) in [5.74, 6) is 0.771. The van der Waals surface area contributed by atoms with Gasteiger partial charge in [-0.05, 0) is 33.8 Å². The van der Waals surface area contributed by atoms with Gasteiger partial charge in [-0.15, -0.1) is 0 Å². The average molecular weight is 264 g/mol. The predicted molar refractivity (Wildman–Crippen MR) is 77.3 cm³/mol. The summed E-state index contributed by atoms with van der Waals surface area (Å²) in [5, 5.41) is 6.13. The van der Waals surface area contributed by atoms with Crippen molar-refractivity contribution in [3.05, 3.63) is 29.8 Å². The second-order valence-corrected chi connectivity index (χ2v) is 5.63. The first-order chi connectivity index (χ1) is 8.83. The van der Waals surface area contributed by atoms with Crippen molar-refractivity contribution in [2.45, 2.75) is 39.3 Å². The molecular weight excluding hydrogens is 240 g/mol. The second-order valence-electron chi connectivity index (χ2n) is 5.63. The molecule has 1 amide bonds. The minimum Gasteiger partial charge on any atom is -0.496 e. The zero-order valence-electron chi connectivity index (χ0n) is 12.4. The van der Waals surface area contributed by atoms with E-state index in [1.54, 1.807) is 7.11 Å². The maximum absolute atomic E-state index is 11.9. The maximum atomic E-state index is 11.9. The number of benzene rings is 1. The van der Waals surface area contributed by atoms with Crippen LogP contribution in [-0.2, 0) is 4.79 Å². The maximum Gasteiger partial charge on any atom is 0.234 e. The Bertz CT molecular complexity index is 424. The SMILES string of the molecule is COc1ccccc1C(C)NC(=O)CNC(C)(C)C. The minimum atomic E-state index is -0.0783. The van der Waals surface area contributed by atoms with Crippen LogP contribution in [0, 0.1) is 0 Å². The Morgan fingerprint density at radius 3 is 2.53 bits per heavy atom. The normalized spacial score (nSPS) is 12.9. The minimum absolute atomic E-state index is 0.0201. The number of rotatable bonds is 5. The molecule has 0 fully saturated rings. The van der Waals surface area contributed by atoms with Crippen LogP contribution >= 0.6 is 0 Å². The molecule has 0 aromatic heterocycles. The van der Waals surface area contributed by atoms with Crippen molar-refractivity contribution < 1.29 is 9.53 Å². The standard InChI is InChI=1S/C15H24N2O2/c1-11(12-8-6-7-9-13(12)19-5)17-14(18)10-16-15(2,3)4/h6-9,11,16H,10H2,1-5H3,(H,17,18). The third kappa shape index (κ3) is 5.30. The number of nitrogens with one attached hydrogen (secondary N) is 2. The number of hydrogen-bond donors (Lipinski definition) is 2. The van der Waals surface area contributed by atoms with E-state index in [9.17, 15) is 4.79 Å². The number of ether oxygens (including phenoxy) is 1. The lowest BCUT2D eigenvalue weighted by atomic mass is 10.1. The fraction of sp³-hybridized carbons (Fsp3) is 0.533. The van der Waals surface area contributed by atoms with Gasteiger partial charge in [-0.1, -0.05) is 18.2 Å². The third-order valence-corrected chi connectivity index (χ3v) is 2.76. The summed E-state index contributed by atoms with van der Waals surface area (Å²) in [5.41, 5.74) is 0.916. The number of methoxy groups -OCH3 is 1. The number of carbonyl (C=O) groups is 1. The summed E-state index contributed by atoms with van der Waals surface area (Å²) in [6.07, 6.45) is 0. The van der Waals surface area contributed by atoms with Crippen molar-refractivity contribution in [3.63, 3.8) is 0 Å². The monoisotopic (exact) mass is 264 g/mol. The van der Waals surface area contributed by atoms with Gasteiger partial charge in [0.05, 0.1) is 19.7 Å². The topological polar surface area (TPSA) is 50.4 Å². The Balaban J connectivity index is 2.59. The van der Waals surface area contributed by atoms with Crippen LogP contribution in [0.25, 0.3) is 0 Å². The zero-order valence-corrected chi connectivity index (χ0v) is 12.4. The molecule has 2 N–H and O–H groups in total. The van der Waals surface area contributed by atoms with E-state index in [2.05, 4.69) is 10.6 Å². The van der Waals surface area contributed by atoms with Gasteiger partial charge in [0.1, 0.15) is 5.75 Å². The Labute approximate surface area is 115 Å². The van der Waals surface area contributed by atoms with E-state index in [1.165, 1.54) is 0 Å². The van der Waals surface area contributed by atoms with Crippen LogP contribution in [0.3, 0.4) is 0 Å². The molecule has 0 aliphatic heterocycles. The van der Waals surface area contributed by atoms with Gasteiger partial charge in [0.25, 0.3) is 0 Å². The van der Waals surface area contributed by atoms with Crippen molar-refractivity contribution in [1.29, 1.82) is 0 Å². The molecule has 0 spiro atoms. The van der Waals surface area contributed by atoms with Gasteiger partial charge in [-0.2, -0.15) is 0 Å². The Morgan fingerprint density at radius 2 is 1.95 bits per heavy atom. The molecule has 0 aliphatic rings. The molecule has 0 radical (unpaired) electrons. The summed E-state index contributed by atoms with van der Waals surface area (Å²) in [7, 11) is 1.63. The lowest BCUT2D eigenvalue weighted by molar-refractivity contribution is -0.121. The van der Waals surface area contributed by atoms with Gasteiger partial charge in [0.15, 0.2) is 0 Å². The molecule has 1 unspecified atom stereocenters. The number of hydrogen-bond acceptors (Lipinski definition) is 3. The summed E-state index contributed by atoms with van der Waals surface area (Å²) in [4.78, 5) is 11.9. The van der Waals surface area contributed by atoms with Gasteiger partial charge in [0.2, 0.25) is 5.91 Å². The largest absolute Gasteiger partial charge is 0.496 e. The highest BCUT2D eigenvalue weighted by Crippen LogP contribution is 2.24. The summed E-state index contributed by atoms with van der Waals surface area (Å²) in [6.45, 7) is 8.35. The molecule has 0 heterocycles. The van der Waals surface area contributed by atoms with Crippen LogP contribution in [0.5, 0.6) is 5.75 Å². The Hall–Kier alpha value is -1.55. The molecule has 0 saturated carbocycles. The molecule has 1 aromatic rings. The summed E-state index contributed by atoms with van der Waals surface area (Å²) in [6, 6.07) is 7.63. The molecule has 19 heavy (non-hydrogen) atoms. The second kappa shape index (κ2) is 6.57. The lowest BCUT2D eigenvalue weighted by Crippen LogP contribution is -2.43. The Morgan fingerprint density at radius 1 is 1.32 bits per heavy atom. The van der Waals surface area contributed by atoms with E-state index < -0.39 is 0 Å². The van der Waals surface area contributed by atoms with E-state index >= 15 is 0 Å². The van der Waals surface area contributed by atoms with Gasteiger partial charge in [-0.25, -0.2) is 0 Å². The number of amides is 1. The van der Waals surface area contributed by atoms with Crippen molar-refractivity contribution >= 4 is 5.91 Å². The molecule has 4 nitrogen and oxygen atoms in total. The van der Waals surface area contributed by atoms with Crippen LogP contribution in [0.1, 0.15) is 39.3 Å². The van der Waals surface area contributed by atoms with E-state index in [1.807, 2.05) is 52.0 Å². The molecular formula is C15H24N2O2. The van der Waals surface area contributed by atoms with Gasteiger partial charge >= 0.3 is 0 Å². The van der Waals surface area contributed by atoms with Gasteiger partial charge < -0.3 is 15.4 Å². The molecule has 1 rings (SSSR count). The van der Waals surface area contributed by atoms with E-state index in [0.717, 1.165) is 11.3 Å². The highest BCUT2D eigenvalue weighted by molar-refractivity contribution is 5.78. The first kappa shape index (κ1) is 15.5. The van der Waals surface area contributed by atoms with Crippen LogP contribution < -0.4 is 15.4 Å². The van der Waals surface area contributed by atoms with Gasteiger partial charge in [-0.3, -0.25) is 4.79 Å². The molecule has 0 saturated heterocycles. The van der Waals surface area contributed by atoms with E-state index in [4.69, 9.17) is 4.74 Å². The van der Waals surface area contributed by atoms with Crippen molar-refractivity contribution in [2.24, 2.45) is 0 Å². The van der Waals surface area contributed by atoms with Crippen LogP contribution in [0.15, 0.2) is 24.3 Å². The fourth-order valence-corrected chi connectivity index (χ4v) is 1.74. The van der Waals surface area contributed by atoms with Crippen LogP contribution in [0.4, 0.5) is 0 Å². The van der Waals surface area contributed by atoms with Crippen molar-refractivity contribution in [2.75, 3.05) is 13.7 Å². The van der Waals surface area contributed by atoms with Crippen LogP contribution in [-0.4, -0.2) is 25.1 Å². The molecule has 0 aliphatic carbocycles. The predicted octanol–water partition coefficient (Wildman–Crippen LogP) is 2.26. The molecule has 4 heteroatoms. The molecule has 106 valence electrons. The summed E-state index contributed by atoms with van der Waals surface area (Å²) < 4.78 is 5.30. The summed E-state index contributed by atoms with van der Waals surface area (Å²) >= 11 is 0. The van der Waals surface area contributed by atoms with Gasteiger partial charge in [0, 0.05) is 11.1 Å². The average Bonchev–Trinajstić information content (AvgIpc) is 2.35. The van der Waals surface area contributed by atoms with E-state index in [-0.39, 0.29) is 17.5 Å². The van der Waals surface area contributed by atoms with Crippen LogP contribution in [0.2, 0.25) is 0 Å². The lowest BCUT2D eigenvalue weighted by Gasteiger charge is -2.22. The van der Waals surface area contributed by atoms with Crippen molar-refractivity contribution in [1.82, 2.24) is 10.6 Å². The Kier molecular flexibility index (Phi) is 5.36. The first-order valence-corrected chi connectivity index (χ1v) is 6.51. The van der Waals surface area contributed by atoms with Crippen molar-refractivity contribution in [3.8, 4) is 5.75 Å². The first-order valence-electron chi connectivity index (χ1n) is 6.51. The molecule has 0 bridgehead atoms.